The van der Waals surface area contributed by atoms with Crippen LogP contribution >= 0.6 is 0 Å². The molecule has 2 N–H and O–H groups in total. The lowest BCUT2D eigenvalue weighted by molar-refractivity contribution is -0.132. The minimum absolute atomic E-state index is 0.254. The zero-order chi connectivity index (χ0) is 7.44. The van der Waals surface area contributed by atoms with Crippen LogP contribution in [0.25, 0.3) is 0 Å². The Hall–Kier alpha value is -0.680. The summed E-state index contributed by atoms with van der Waals surface area (Å²) in [5.74, 6) is -1.63. The van der Waals surface area contributed by atoms with Gasteiger partial charge in [-0.2, -0.15) is 0 Å². The second-order valence-corrected chi connectivity index (χ2v) is 2.31. The van der Waals surface area contributed by atoms with Crippen molar-refractivity contribution < 1.29 is 18.7 Å². The number of carboxylic acid groups (broad SMARTS) is 1. The summed E-state index contributed by atoms with van der Waals surface area (Å²) >= 11 is -2.10. The zero-order valence-electron chi connectivity index (χ0n) is 4.53. The Labute approximate surface area is 54.5 Å². The fourth-order valence-electron chi connectivity index (χ4n) is 0.211. The Kier molecular flexibility index (Phi) is 3.11. The molecule has 52 valence electrons. The molecule has 0 aromatic heterocycles. The van der Waals surface area contributed by atoms with Crippen LogP contribution in [0.4, 0.5) is 0 Å². The standard InChI is InChI=1S/C4H6O4S/c1-3(4(5)6)2-9(7)8/h1-2H2,(H,5,6)(H,7,8). The molecule has 5 heteroatoms. The first kappa shape index (κ1) is 8.32. The first-order valence-corrected chi connectivity index (χ1v) is 3.30. The number of hydrogen-bond acceptors (Lipinski definition) is 2. The SMILES string of the molecule is C=C(CS(=O)O)C(=O)O. The van der Waals surface area contributed by atoms with Crippen molar-refractivity contribution in [1.29, 1.82) is 0 Å². The van der Waals surface area contributed by atoms with Gasteiger partial charge in [0.2, 0.25) is 0 Å². The molecule has 0 spiro atoms. The van der Waals surface area contributed by atoms with E-state index in [-0.39, 0.29) is 5.57 Å². The third kappa shape index (κ3) is 3.87. The van der Waals surface area contributed by atoms with Crippen LogP contribution in [0.1, 0.15) is 0 Å². The number of carboxylic acids is 1. The normalized spacial score (nSPS) is 12.6. The van der Waals surface area contributed by atoms with Gasteiger partial charge >= 0.3 is 5.97 Å². The zero-order valence-corrected chi connectivity index (χ0v) is 5.35. The lowest BCUT2D eigenvalue weighted by Gasteiger charge is -1.91. The van der Waals surface area contributed by atoms with Gasteiger partial charge in [-0.25, -0.2) is 9.00 Å². The van der Waals surface area contributed by atoms with E-state index in [0.717, 1.165) is 0 Å². The number of rotatable bonds is 3. The summed E-state index contributed by atoms with van der Waals surface area (Å²) in [4.78, 5) is 9.89. The van der Waals surface area contributed by atoms with Crippen LogP contribution in [0, 0.1) is 0 Å². The molecule has 0 amide bonds. The third-order valence-electron chi connectivity index (χ3n) is 0.600. The van der Waals surface area contributed by atoms with E-state index in [1.807, 2.05) is 0 Å². The second-order valence-electron chi connectivity index (χ2n) is 1.37. The summed E-state index contributed by atoms with van der Waals surface area (Å²) in [5.41, 5.74) is -0.254. The minimum Gasteiger partial charge on any atom is -0.478 e. The van der Waals surface area contributed by atoms with Gasteiger partial charge in [0.25, 0.3) is 0 Å². The van der Waals surface area contributed by atoms with E-state index in [1.54, 1.807) is 0 Å². The van der Waals surface area contributed by atoms with Gasteiger partial charge in [-0.15, -0.1) is 0 Å². The van der Waals surface area contributed by atoms with Gasteiger partial charge in [-0.1, -0.05) is 6.58 Å². The van der Waals surface area contributed by atoms with E-state index in [9.17, 15) is 9.00 Å². The highest BCUT2D eigenvalue weighted by Gasteiger charge is 2.05. The molecule has 0 saturated heterocycles. The monoisotopic (exact) mass is 150 g/mol. The second kappa shape index (κ2) is 3.37. The van der Waals surface area contributed by atoms with E-state index in [2.05, 4.69) is 6.58 Å². The molecule has 0 radical (unpaired) electrons. The smallest absolute Gasteiger partial charge is 0.331 e. The van der Waals surface area contributed by atoms with Gasteiger partial charge in [-0.3, -0.25) is 0 Å². The highest BCUT2D eigenvalue weighted by Crippen LogP contribution is 1.90. The summed E-state index contributed by atoms with van der Waals surface area (Å²) in [6, 6.07) is 0. The van der Waals surface area contributed by atoms with Crippen molar-refractivity contribution in [1.82, 2.24) is 0 Å². The van der Waals surface area contributed by atoms with E-state index in [0.29, 0.717) is 0 Å². The Morgan fingerprint density at radius 1 is 1.67 bits per heavy atom. The Morgan fingerprint density at radius 3 is 2.22 bits per heavy atom. The van der Waals surface area contributed by atoms with Crippen molar-refractivity contribution in [3.05, 3.63) is 12.2 Å². The Morgan fingerprint density at radius 2 is 2.11 bits per heavy atom. The van der Waals surface area contributed by atoms with Crippen LogP contribution in [0.2, 0.25) is 0 Å². The largest absolute Gasteiger partial charge is 0.478 e. The Balaban J connectivity index is 3.79. The van der Waals surface area contributed by atoms with Crippen LogP contribution in [0.5, 0.6) is 0 Å². The molecule has 0 aromatic carbocycles. The summed E-state index contributed by atoms with van der Waals surface area (Å²) in [5, 5.41) is 8.09. The van der Waals surface area contributed by atoms with Crippen LogP contribution in [-0.2, 0) is 15.9 Å². The van der Waals surface area contributed by atoms with Crippen LogP contribution in [0.3, 0.4) is 0 Å². The van der Waals surface area contributed by atoms with E-state index in [4.69, 9.17) is 9.66 Å². The summed E-state index contributed by atoms with van der Waals surface area (Å²) in [6.07, 6.45) is 0. The summed E-state index contributed by atoms with van der Waals surface area (Å²) in [7, 11) is 0. The maximum atomic E-state index is 9.90. The molecular formula is C4H6O4S. The highest BCUT2D eigenvalue weighted by atomic mass is 32.2. The van der Waals surface area contributed by atoms with Gasteiger partial charge < -0.3 is 9.66 Å². The average molecular weight is 150 g/mol. The summed E-state index contributed by atoms with van der Waals surface area (Å²) < 4.78 is 18.0. The quantitative estimate of drug-likeness (QED) is 0.433. The molecule has 0 aliphatic rings. The molecule has 1 unspecified atom stereocenters. The van der Waals surface area contributed by atoms with Crippen molar-refractivity contribution in [2.45, 2.75) is 0 Å². The molecule has 1 atom stereocenters. The maximum absolute atomic E-state index is 9.90. The van der Waals surface area contributed by atoms with Crippen molar-refractivity contribution >= 4 is 17.0 Å². The number of carbonyl (C=O) groups is 1. The molecule has 4 nitrogen and oxygen atoms in total. The fraction of sp³-hybridized carbons (Fsp3) is 0.250. The van der Waals surface area contributed by atoms with Gasteiger partial charge in [0.05, 0.1) is 5.75 Å². The number of aliphatic carboxylic acids is 1. The topological polar surface area (TPSA) is 74.6 Å². The molecule has 0 aliphatic heterocycles. The first-order valence-electron chi connectivity index (χ1n) is 2.02. The maximum Gasteiger partial charge on any atom is 0.331 e. The third-order valence-corrected chi connectivity index (χ3v) is 1.20. The highest BCUT2D eigenvalue weighted by molar-refractivity contribution is 7.79. The molecule has 0 rings (SSSR count). The summed E-state index contributed by atoms with van der Waals surface area (Å²) in [6.45, 7) is 3.04. The average Bonchev–Trinajstić information content (AvgIpc) is 1.63. The Bertz CT molecular complexity index is 162. The molecule has 0 fully saturated rings. The predicted molar refractivity (Wildman–Crippen MR) is 32.4 cm³/mol. The molecule has 9 heavy (non-hydrogen) atoms. The molecule has 0 heterocycles. The fourth-order valence-corrected chi connectivity index (χ4v) is 0.632. The lowest BCUT2D eigenvalue weighted by atomic mass is 10.4. The van der Waals surface area contributed by atoms with Gasteiger partial charge in [-0.05, 0) is 0 Å². The lowest BCUT2D eigenvalue weighted by Crippen LogP contribution is -2.07. The van der Waals surface area contributed by atoms with E-state index >= 15 is 0 Å². The van der Waals surface area contributed by atoms with Crippen molar-refractivity contribution in [2.24, 2.45) is 0 Å². The van der Waals surface area contributed by atoms with Crippen LogP contribution < -0.4 is 0 Å². The molecule has 0 aromatic rings. The van der Waals surface area contributed by atoms with Crippen molar-refractivity contribution in [3.8, 4) is 0 Å². The minimum atomic E-state index is -2.10. The first-order chi connectivity index (χ1) is 4.04. The van der Waals surface area contributed by atoms with Crippen molar-refractivity contribution in [2.75, 3.05) is 5.75 Å². The van der Waals surface area contributed by atoms with Crippen LogP contribution in [0.15, 0.2) is 12.2 Å². The molecule has 0 aliphatic carbocycles. The van der Waals surface area contributed by atoms with Crippen LogP contribution in [-0.4, -0.2) is 25.6 Å². The van der Waals surface area contributed by atoms with E-state index < -0.39 is 22.8 Å². The molecule has 0 bridgehead atoms. The number of hydrogen-bond donors (Lipinski definition) is 2. The van der Waals surface area contributed by atoms with Gasteiger partial charge in [0, 0.05) is 5.57 Å². The van der Waals surface area contributed by atoms with Crippen molar-refractivity contribution in [3.63, 3.8) is 0 Å². The van der Waals surface area contributed by atoms with Gasteiger partial charge in [0.15, 0.2) is 11.1 Å². The van der Waals surface area contributed by atoms with Gasteiger partial charge in [0.1, 0.15) is 0 Å². The molecule has 0 saturated carbocycles. The predicted octanol–water partition coefficient (Wildman–Crippen LogP) is -0.151. The van der Waals surface area contributed by atoms with E-state index in [1.165, 1.54) is 0 Å². The molecular weight excluding hydrogens is 144 g/mol.